The summed E-state index contributed by atoms with van der Waals surface area (Å²) in [7, 11) is 1.65. The quantitative estimate of drug-likeness (QED) is 0.903. The lowest BCUT2D eigenvalue weighted by molar-refractivity contribution is 0.174. The van der Waals surface area contributed by atoms with Gasteiger partial charge in [0.25, 0.3) is 0 Å². The number of hydrogen-bond donors (Lipinski definition) is 1. The molecule has 0 aromatic heterocycles. The van der Waals surface area contributed by atoms with Crippen LogP contribution < -0.4 is 5.73 Å². The van der Waals surface area contributed by atoms with Gasteiger partial charge < -0.3 is 10.5 Å². The van der Waals surface area contributed by atoms with Crippen molar-refractivity contribution >= 4 is 15.9 Å². The summed E-state index contributed by atoms with van der Waals surface area (Å²) in [6.07, 6.45) is 0.827. The van der Waals surface area contributed by atoms with E-state index in [1.807, 2.05) is 6.92 Å². The Morgan fingerprint density at radius 1 is 1.50 bits per heavy atom. The summed E-state index contributed by atoms with van der Waals surface area (Å²) in [4.78, 5) is 0. The van der Waals surface area contributed by atoms with Crippen LogP contribution in [0.4, 0.5) is 4.39 Å². The molecule has 0 radical (unpaired) electrons. The summed E-state index contributed by atoms with van der Waals surface area (Å²) in [5.41, 5.74) is 6.58. The molecular weight excluding hydrogens is 273 g/mol. The van der Waals surface area contributed by atoms with E-state index in [0.717, 1.165) is 10.9 Å². The first-order chi connectivity index (χ1) is 7.56. The summed E-state index contributed by atoms with van der Waals surface area (Å²) in [5.74, 6) is -0.0678. The van der Waals surface area contributed by atoms with E-state index in [0.29, 0.717) is 12.2 Å². The molecule has 16 heavy (non-hydrogen) atoms. The van der Waals surface area contributed by atoms with Crippen LogP contribution in [0.15, 0.2) is 22.7 Å². The van der Waals surface area contributed by atoms with E-state index in [9.17, 15) is 4.39 Å². The lowest BCUT2D eigenvalue weighted by atomic mass is 9.93. The Hall–Kier alpha value is -0.450. The van der Waals surface area contributed by atoms with Crippen LogP contribution in [0.25, 0.3) is 0 Å². The van der Waals surface area contributed by atoms with Gasteiger partial charge in [-0.15, -0.1) is 0 Å². The van der Waals surface area contributed by atoms with Crippen LogP contribution in [-0.4, -0.2) is 13.7 Å². The van der Waals surface area contributed by atoms with Gasteiger partial charge in [0.1, 0.15) is 5.82 Å². The summed E-state index contributed by atoms with van der Waals surface area (Å²) < 4.78 is 19.4. The average Bonchev–Trinajstić information content (AvgIpc) is 2.25. The molecule has 0 heterocycles. The zero-order valence-electron chi connectivity index (χ0n) is 9.54. The van der Waals surface area contributed by atoms with Crippen molar-refractivity contribution in [2.24, 2.45) is 11.7 Å². The monoisotopic (exact) mass is 289 g/mol. The minimum absolute atomic E-state index is 0.190. The zero-order valence-corrected chi connectivity index (χ0v) is 11.1. The van der Waals surface area contributed by atoms with Crippen molar-refractivity contribution in [2.75, 3.05) is 13.7 Å². The number of hydrogen-bond acceptors (Lipinski definition) is 2. The van der Waals surface area contributed by atoms with Crippen LogP contribution in [0.1, 0.15) is 24.9 Å². The normalized spacial score (nSPS) is 14.8. The molecular formula is C12H17BrFNO. The van der Waals surface area contributed by atoms with E-state index in [1.54, 1.807) is 19.2 Å². The lowest BCUT2D eigenvalue weighted by Crippen LogP contribution is -2.21. The number of halogens is 2. The Morgan fingerprint density at radius 3 is 2.75 bits per heavy atom. The highest BCUT2D eigenvalue weighted by molar-refractivity contribution is 9.10. The molecule has 0 amide bonds. The molecule has 0 aliphatic carbocycles. The van der Waals surface area contributed by atoms with Crippen molar-refractivity contribution in [1.29, 1.82) is 0 Å². The molecule has 1 aromatic rings. The highest BCUT2D eigenvalue weighted by Crippen LogP contribution is 2.26. The van der Waals surface area contributed by atoms with E-state index < -0.39 is 0 Å². The third-order valence-electron chi connectivity index (χ3n) is 2.71. The molecule has 90 valence electrons. The van der Waals surface area contributed by atoms with Crippen LogP contribution in [0.3, 0.4) is 0 Å². The average molecular weight is 290 g/mol. The molecule has 4 heteroatoms. The van der Waals surface area contributed by atoms with E-state index >= 15 is 0 Å². The summed E-state index contributed by atoms with van der Waals surface area (Å²) >= 11 is 3.22. The number of rotatable bonds is 5. The fraction of sp³-hybridized carbons (Fsp3) is 0.500. The van der Waals surface area contributed by atoms with Crippen molar-refractivity contribution in [3.05, 3.63) is 34.1 Å². The summed E-state index contributed by atoms with van der Waals surface area (Å²) in [5, 5.41) is 0. The van der Waals surface area contributed by atoms with Crippen LogP contribution in [0.5, 0.6) is 0 Å². The second-order valence-electron chi connectivity index (χ2n) is 3.95. The molecule has 1 aromatic carbocycles. The zero-order chi connectivity index (χ0) is 12.1. The maximum Gasteiger partial charge on any atom is 0.129 e. The molecule has 0 spiro atoms. The Kier molecular flexibility index (Phi) is 5.38. The Labute approximate surface area is 104 Å². The third-order valence-corrected chi connectivity index (χ3v) is 3.21. The van der Waals surface area contributed by atoms with Crippen LogP contribution in [0, 0.1) is 11.7 Å². The van der Waals surface area contributed by atoms with E-state index in [2.05, 4.69) is 15.9 Å². The van der Waals surface area contributed by atoms with Gasteiger partial charge in [-0.1, -0.05) is 28.9 Å². The molecule has 0 saturated heterocycles. The SMILES string of the molecule is COCCC(C)C(N)c1ccc(Br)cc1F. The van der Waals surface area contributed by atoms with Crippen molar-refractivity contribution in [2.45, 2.75) is 19.4 Å². The summed E-state index contributed by atoms with van der Waals surface area (Å²) in [6.45, 7) is 2.65. The fourth-order valence-corrected chi connectivity index (χ4v) is 1.89. The van der Waals surface area contributed by atoms with Gasteiger partial charge in [0, 0.05) is 29.8 Å². The minimum Gasteiger partial charge on any atom is -0.385 e. The Balaban J connectivity index is 2.75. The maximum absolute atomic E-state index is 13.6. The van der Waals surface area contributed by atoms with Crippen LogP contribution in [0.2, 0.25) is 0 Å². The maximum atomic E-state index is 13.6. The molecule has 0 aliphatic heterocycles. The van der Waals surface area contributed by atoms with Crippen LogP contribution >= 0.6 is 15.9 Å². The first-order valence-electron chi connectivity index (χ1n) is 5.25. The smallest absolute Gasteiger partial charge is 0.129 e. The number of ether oxygens (including phenoxy) is 1. The van der Waals surface area contributed by atoms with E-state index in [4.69, 9.17) is 10.5 Å². The second-order valence-corrected chi connectivity index (χ2v) is 4.87. The molecule has 0 fully saturated rings. The van der Waals surface area contributed by atoms with Gasteiger partial charge in [-0.2, -0.15) is 0 Å². The molecule has 2 unspecified atom stereocenters. The van der Waals surface area contributed by atoms with Crippen molar-refractivity contribution in [1.82, 2.24) is 0 Å². The van der Waals surface area contributed by atoms with Gasteiger partial charge in [-0.3, -0.25) is 0 Å². The van der Waals surface area contributed by atoms with Gasteiger partial charge in [0.05, 0.1) is 0 Å². The molecule has 0 saturated carbocycles. The first kappa shape index (κ1) is 13.6. The second kappa shape index (κ2) is 6.33. The van der Waals surface area contributed by atoms with Crippen molar-refractivity contribution < 1.29 is 9.13 Å². The van der Waals surface area contributed by atoms with Gasteiger partial charge >= 0.3 is 0 Å². The van der Waals surface area contributed by atoms with E-state index in [-0.39, 0.29) is 17.8 Å². The first-order valence-corrected chi connectivity index (χ1v) is 6.05. The topological polar surface area (TPSA) is 35.2 Å². The molecule has 2 N–H and O–H groups in total. The fourth-order valence-electron chi connectivity index (χ4n) is 1.56. The number of nitrogens with two attached hydrogens (primary N) is 1. The van der Waals surface area contributed by atoms with E-state index in [1.165, 1.54) is 6.07 Å². The van der Waals surface area contributed by atoms with Crippen molar-refractivity contribution in [3.63, 3.8) is 0 Å². The molecule has 2 atom stereocenters. The third kappa shape index (κ3) is 3.54. The summed E-state index contributed by atoms with van der Waals surface area (Å²) in [6, 6.07) is 4.69. The van der Waals surface area contributed by atoms with Gasteiger partial charge in [-0.05, 0) is 24.5 Å². The van der Waals surface area contributed by atoms with Gasteiger partial charge in [0.2, 0.25) is 0 Å². The van der Waals surface area contributed by atoms with Gasteiger partial charge in [0.15, 0.2) is 0 Å². The Bertz CT molecular complexity index is 346. The largest absolute Gasteiger partial charge is 0.385 e. The predicted octanol–water partition coefficient (Wildman–Crippen LogP) is 3.26. The molecule has 1 rings (SSSR count). The standard InChI is InChI=1S/C12H17BrFNO/c1-8(5-6-16-2)12(15)10-4-3-9(13)7-11(10)14/h3-4,7-8,12H,5-6,15H2,1-2H3. The predicted molar refractivity (Wildman–Crippen MR) is 66.7 cm³/mol. The molecule has 0 aliphatic rings. The van der Waals surface area contributed by atoms with Crippen LogP contribution in [-0.2, 0) is 4.74 Å². The minimum atomic E-state index is -0.289. The Morgan fingerprint density at radius 2 is 2.19 bits per heavy atom. The van der Waals surface area contributed by atoms with Gasteiger partial charge in [-0.25, -0.2) is 4.39 Å². The lowest BCUT2D eigenvalue weighted by Gasteiger charge is -2.20. The number of benzene rings is 1. The molecule has 2 nitrogen and oxygen atoms in total. The number of methoxy groups -OCH3 is 1. The highest BCUT2D eigenvalue weighted by Gasteiger charge is 2.18. The molecule has 0 bridgehead atoms. The van der Waals surface area contributed by atoms with Crippen molar-refractivity contribution in [3.8, 4) is 0 Å². The highest BCUT2D eigenvalue weighted by atomic mass is 79.9.